The molecule has 0 saturated heterocycles. The van der Waals surface area contributed by atoms with Crippen molar-refractivity contribution in [2.24, 2.45) is 0 Å². The first kappa shape index (κ1) is 15.6. The second-order valence-corrected chi connectivity index (χ2v) is 6.13. The van der Waals surface area contributed by atoms with Gasteiger partial charge in [-0.3, -0.25) is 0 Å². The molecule has 0 aliphatic heterocycles. The lowest BCUT2D eigenvalue weighted by Crippen LogP contribution is -2.23. The van der Waals surface area contributed by atoms with Crippen LogP contribution in [0.3, 0.4) is 0 Å². The smallest absolute Gasteiger partial charge is 0.240 e. The SMILES string of the molecule is O=S(=O)(NCc1cccc(F)c1)c1ccc(F)c(CO)c1. The lowest BCUT2D eigenvalue weighted by Gasteiger charge is -2.08. The number of sulfonamides is 1. The topological polar surface area (TPSA) is 66.4 Å². The number of aliphatic hydroxyl groups is 1. The van der Waals surface area contributed by atoms with Gasteiger partial charge in [0, 0.05) is 12.1 Å². The number of hydrogen-bond acceptors (Lipinski definition) is 3. The van der Waals surface area contributed by atoms with E-state index in [4.69, 9.17) is 5.11 Å². The van der Waals surface area contributed by atoms with Crippen LogP contribution >= 0.6 is 0 Å². The molecule has 2 N–H and O–H groups in total. The molecule has 0 radical (unpaired) electrons. The van der Waals surface area contributed by atoms with E-state index in [1.165, 1.54) is 18.2 Å². The Morgan fingerprint density at radius 1 is 1.10 bits per heavy atom. The Kier molecular flexibility index (Phi) is 4.66. The summed E-state index contributed by atoms with van der Waals surface area (Å²) in [6.45, 7) is -0.689. The molecule has 0 amide bonds. The van der Waals surface area contributed by atoms with Crippen LogP contribution < -0.4 is 4.72 Å². The molecule has 0 atom stereocenters. The molecule has 0 spiro atoms. The van der Waals surface area contributed by atoms with Crippen molar-refractivity contribution in [2.75, 3.05) is 0 Å². The standard InChI is InChI=1S/C14H13F2NO3S/c15-12-3-1-2-10(6-12)8-17-21(19,20)13-4-5-14(16)11(7-13)9-18/h1-7,17-18H,8-9H2. The van der Waals surface area contributed by atoms with E-state index in [9.17, 15) is 17.2 Å². The van der Waals surface area contributed by atoms with Crippen molar-refractivity contribution >= 4 is 10.0 Å². The Bertz CT molecular complexity index is 748. The van der Waals surface area contributed by atoms with E-state index < -0.39 is 28.3 Å². The highest BCUT2D eigenvalue weighted by atomic mass is 32.2. The van der Waals surface area contributed by atoms with Crippen LogP contribution in [0.25, 0.3) is 0 Å². The third-order valence-corrected chi connectivity index (χ3v) is 4.25. The van der Waals surface area contributed by atoms with Gasteiger partial charge in [0.05, 0.1) is 11.5 Å². The largest absolute Gasteiger partial charge is 0.392 e. The summed E-state index contributed by atoms with van der Waals surface area (Å²) in [5, 5.41) is 8.95. The number of halogens is 2. The van der Waals surface area contributed by atoms with Gasteiger partial charge in [-0.2, -0.15) is 0 Å². The van der Waals surface area contributed by atoms with Gasteiger partial charge in [0.15, 0.2) is 0 Å². The molecule has 0 aliphatic carbocycles. The maximum Gasteiger partial charge on any atom is 0.240 e. The highest BCUT2D eigenvalue weighted by Gasteiger charge is 2.16. The number of rotatable bonds is 5. The van der Waals surface area contributed by atoms with Crippen molar-refractivity contribution in [1.29, 1.82) is 0 Å². The maximum absolute atomic E-state index is 13.2. The van der Waals surface area contributed by atoms with E-state index in [-0.39, 0.29) is 17.0 Å². The minimum absolute atomic E-state index is 0.0913. The monoisotopic (exact) mass is 313 g/mol. The van der Waals surface area contributed by atoms with E-state index in [0.29, 0.717) is 5.56 Å². The Balaban J connectivity index is 2.18. The molecule has 0 bridgehead atoms. The average Bonchev–Trinajstić information content (AvgIpc) is 2.46. The second-order valence-electron chi connectivity index (χ2n) is 4.37. The van der Waals surface area contributed by atoms with Gasteiger partial charge < -0.3 is 5.11 Å². The minimum Gasteiger partial charge on any atom is -0.392 e. The molecule has 0 aliphatic rings. The van der Waals surface area contributed by atoms with E-state index in [2.05, 4.69) is 4.72 Å². The molecule has 0 saturated carbocycles. The first-order valence-electron chi connectivity index (χ1n) is 6.06. The van der Waals surface area contributed by atoms with Crippen LogP contribution in [0.2, 0.25) is 0 Å². The van der Waals surface area contributed by atoms with Crippen LogP contribution in [0.4, 0.5) is 8.78 Å². The second kappa shape index (κ2) is 6.30. The van der Waals surface area contributed by atoms with Crippen molar-refractivity contribution in [3.63, 3.8) is 0 Å². The Labute approximate surface area is 121 Å². The van der Waals surface area contributed by atoms with Gasteiger partial charge in [-0.15, -0.1) is 0 Å². The summed E-state index contributed by atoms with van der Waals surface area (Å²) in [5.41, 5.74) is 0.353. The van der Waals surface area contributed by atoms with E-state index in [1.54, 1.807) is 6.07 Å². The number of hydrogen-bond donors (Lipinski definition) is 2. The number of aliphatic hydroxyl groups excluding tert-OH is 1. The zero-order chi connectivity index (χ0) is 15.5. The van der Waals surface area contributed by atoms with Crippen molar-refractivity contribution < 1.29 is 22.3 Å². The van der Waals surface area contributed by atoms with Gasteiger partial charge in [-0.1, -0.05) is 12.1 Å². The molecule has 2 aromatic carbocycles. The van der Waals surface area contributed by atoms with Crippen LogP contribution in [0, 0.1) is 11.6 Å². The Hall–Kier alpha value is -1.83. The summed E-state index contributed by atoms with van der Waals surface area (Å²) in [5.74, 6) is -1.14. The van der Waals surface area contributed by atoms with E-state index in [0.717, 1.165) is 18.2 Å². The molecule has 0 unspecified atom stereocenters. The fourth-order valence-electron chi connectivity index (χ4n) is 1.75. The molecule has 4 nitrogen and oxygen atoms in total. The van der Waals surface area contributed by atoms with Crippen LogP contribution in [-0.4, -0.2) is 13.5 Å². The number of benzene rings is 2. The predicted molar refractivity (Wildman–Crippen MR) is 72.7 cm³/mol. The van der Waals surface area contributed by atoms with Crippen molar-refractivity contribution in [3.8, 4) is 0 Å². The van der Waals surface area contributed by atoms with Crippen molar-refractivity contribution in [2.45, 2.75) is 18.0 Å². The van der Waals surface area contributed by atoms with E-state index >= 15 is 0 Å². The van der Waals surface area contributed by atoms with E-state index in [1.807, 2.05) is 0 Å². The summed E-state index contributed by atoms with van der Waals surface area (Å²) in [6.07, 6.45) is 0. The molecule has 2 rings (SSSR count). The third kappa shape index (κ3) is 3.84. The minimum atomic E-state index is -3.87. The average molecular weight is 313 g/mol. The van der Waals surface area contributed by atoms with Crippen LogP contribution in [0.15, 0.2) is 47.4 Å². The molecule has 0 fully saturated rings. The molecule has 0 aromatic heterocycles. The predicted octanol–water partition coefficient (Wildman–Crippen LogP) is 1.94. The van der Waals surface area contributed by atoms with Gasteiger partial charge in [0.25, 0.3) is 0 Å². The lowest BCUT2D eigenvalue weighted by atomic mass is 10.2. The zero-order valence-corrected chi connectivity index (χ0v) is 11.7. The summed E-state index contributed by atoms with van der Waals surface area (Å²) in [6, 6.07) is 8.65. The summed E-state index contributed by atoms with van der Waals surface area (Å²) < 4.78 is 52.7. The van der Waals surface area contributed by atoms with Crippen LogP contribution in [0.5, 0.6) is 0 Å². The van der Waals surface area contributed by atoms with Crippen LogP contribution in [0.1, 0.15) is 11.1 Å². The van der Waals surface area contributed by atoms with Gasteiger partial charge in [0.1, 0.15) is 11.6 Å². The first-order valence-corrected chi connectivity index (χ1v) is 7.54. The molecular weight excluding hydrogens is 300 g/mol. The summed E-state index contributed by atoms with van der Waals surface area (Å²) in [4.78, 5) is -0.163. The third-order valence-electron chi connectivity index (χ3n) is 2.85. The molecule has 7 heteroatoms. The zero-order valence-electron chi connectivity index (χ0n) is 10.9. The molecule has 0 heterocycles. The lowest BCUT2D eigenvalue weighted by molar-refractivity contribution is 0.275. The Morgan fingerprint density at radius 2 is 1.86 bits per heavy atom. The number of nitrogens with one attached hydrogen (secondary N) is 1. The normalized spacial score (nSPS) is 11.6. The fourth-order valence-corrected chi connectivity index (χ4v) is 2.82. The maximum atomic E-state index is 13.2. The van der Waals surface area contributed by atoms with Crippen LogP contribution in [-0.2, 0) is 23.2 Å². The van der Waals surface area contributed by atoms with Crippen molar-refractivity contribution in [1.82, 2.24) is 4.72 Å². The molecule has 21 heavy (non-hydrogen) atoms. The summed E-state index contributed by atoms with van der Waals surface area (Å²) in [7, 11) is -3.87. The van der Waals surface area contributed by atoms with Gasteiger partial charge >= 0.3 is 0 Å². The molecular formula is C14H13F2NO3S. The fraction of sp³-hybridized carbons (Fsp3) is 0.143. The first-order chi connectivity index (χ1) is 9.92. The van der Waals surface area contributed by atoms with Gasteiger partial charge in [-0.05, 0) is 35.9 Å². The highest BCUT2D eigenvalue weighted by Crippen LogP contribution is 2.15. The molecule has 2 aromatic rings. The van der Waals surface area contributed by atoms with Crippen molar-refractivity contribution in [3.05, 3.63) is 65.2 Å². The van der Waals surface area contributed by atoms with Gasteiger partial charge in [-0.25, -0.2) is 21.9 Å². The summed E-state index contributed by atoms with van der Waals surface area (Å²) >= 11 is 0. The quantitative estimate of drug-likeness (QED) is 0.886. The van der Waals surface area contributed by atoms with Gasteiger partial charge in [0.2, 0.25) is 10.0 Å². The highest BCUT2D eigenvalue weighted by molar-refractivity contribution is 7.89. The molecule has 112 valence electrons. The Morgan fingerprint density at radius 3 is 2.52 bits per heavy atom.